The summed E-state index contributed by atoms with van der Waals surface area (Å²) < 4.78 is 26.6. The highest BCUT2D eigenvalue weighted by Crippen LogP contribution is 2.33. The number of nitrogens with one attached hydrogen (secondary N) is 1. The molecule has 0 aromatic heterocycles. The standard InChI is InChI=1S/C13H15F2NO2/c14-9-1-2-10(11(15)7-9)12(13(17)18)8-3-5-16-6-4-8/h1-2,7-8,12,16H,3-6H2,(H,17,18). The van der Waals surface area contributed by atoms with Crippen molar-refractivity contribution in [3.63, 3.8) is 0 Å². The van der Waals surface area contributed by atoms with Gasteiger partial charge in [0, 0.05) is 11.6 Å². The van der Waals surface area contributed by atoms with E-state index in [0.29, 0.717) is 12.8 Å². The van der Waals surface area contributed by atoms with Gasteiger partial charge < -0.3 is 10.4 Å². The van der Waals surface area contributed by atoms with Gasteiger partial charge in [0.05, 0.1) is 5.92 Å². The van der Waals surface area contributed by atoms with E-state index in [1.165, 1.54) is 6.07 Å². The molecule has 3 nitrogen and oxygen atoms in total. The molecule has 1 atom stereocenters. The molecule has 0 aliphatic carbocycles. The van der Waals surface area contributed by atoms with Crippen molar-refractivity contribution in [1.82, 2.24) is 5.32 Å². The summed E-state index contributed by atoms with van der Waals surface area (Å²) in [5.41, 5.74) is 0.0794. The smallest absolute Gasteiger partial charge is 0.311 e. The molecule has 0 amide bonds. The van der Waals surface area contributed by atoms with Gasteiger partial charge in [-0.2, -0.15) is 0 Å². The highest BCUT2D eigenvalue weighted by molar-refractivity contribution is 5.76. The average Bonchev–Trinajstić information content (AvgIpc) is 2.33. The first-order valence-corrected chi connectivity index (χ1v) is 5.98. The van der Waals surface area contributed by atoms with E-state index in [2.05, 4.69) is 5.32 Å². The Balaban J connectivity index is 2.31. The molecule has 0 saturated carbocycles. The van der Waals surface area contributed by atoms with Gasteiger partial charge in [0.1, 0.15) is 11.6 Å². The molecule has 1 aliphatic rings. The van der Waals surface area contributed by atoms with Crippen LogP contribution in [0.3, 0.4) is 0 Å². The lowest BCUT2D eigenvalue weighted by Gasteiger charge is -2.28. The van der Waals surface area contributed by atoms with Crippen LogP contribution in [0.5, 0.6) is 0 Å². The number of carbonyl (C=O) groups is 1. The van der Waals surface area contributed by atoms with Crippen LogP contribution in [-0.4, -0.2) is 24.2 Å². The van der Waals surface area contributed by atoms with Crippen LogP contribution in [0, 0.1) is 17.6 Å². The zero-order valence-electron chi connectivity index (χ0n) is 9.83. The lowest BCUT2D eigenvalue weighted by Crippen LogP contribution is -2.34. The number of piperidine rings is 1. The monoisotopic (exact) mass is 255 g/mol. The Morgan fingerprint density at radius 3 is 2.56 bits per heavy atom. The van der Waals surface area contributed by atoms with Crippen molar-refractivity contribution in [2.24, 2.45) is 5.92 Å². The normalized spacial score (nSPS) is 18.6. The lowest BCUT2D eigenvalue weighted by atomic mass is 9.80. The summed E-state index contributed by atoms with van der Waals surface area (Å²) in [5.74, 6) is -3.52. The van der Waals surface area contributed by atoms with Gasteiger partial charge in [-0.3, -0.25) is 4.79 Å². The summed E-state index contributed by atoms with van der Waals surface area (Å²) in [7, 11) is 0. The Labute approximate surface area is 104 Å². The molecule has 18 heavy (non-hydrogen) atoms. The van der Waals surface area contributed by atoms with E-state index >= 15 is 0 Å². The van der Waals surface area contributed by atoms with Crippen molar-refractivity contribution >= 4 is 5.97 Å². The van der Waals surface area contributed by atoms with Crippen molar-refractivity contribution in [2.75, 3.05) is 13.1 Å². The molecule has 1 heterocycles. The van der Waals surface area contributed by atoms with E-state index in [0.717, 1.165) is 25.2 Å². The first kappa shape index (κ1) is 13.0. The molecule has 5 heteroatoms. The zero-order valence-corrected chi connectivity index (χ0v) is 9.83. The molecule has 0 bridgehead atoms. The fraction of sp³-hybridized carbons (Fsp3) is 0.462. The molecular weight excluding hydrogens is 240 g/mol. The maximum absolute atomic E-state index is 13.7. The van der Waals surface area contributed by atoms with Crippen LogP contribution in [-0.2, 0) is 4.79 Å². The van der Waals surface area contributed by atoms with Crippen LogP contribution in [0.25, 0.3) is 0 Å². The summed E-state index contributed by atoms with van der Waals surface area (Å²) in [5, 5.41) is 12.4. The van der Waals surface area contributed by atoms with E-state index in [9.17, 15) is 18.7 Å². The molecule has 2 rings (SSSR count). The van der Waals surface area contributed by atoms with Crippen molar-refractivity contribution in [3.8, 4) is 0 Å². The topological polar surface area (TPSA) is 49.3 Å². The summed E-state index contributed by atoms with van der Waals surface area (Å²) in [6.07, 6.45) is 1.38. The van der Waals surface area contributed by atoms with Crippen LogP contribution in [0.4, 0.5) is 8.78 Å². The van der Waals surface area contributed by atoms with E-state index in [-0.39, 0.29) is 11.5 Å². The molecule has 2 N–H and O–H groups in total. The maximum atomic E-state index is 13.7. The van der Waals surface area contributed by atoms with Crippen molar-refractivity contribution < 1.29 is 18.7 Å². The molecule has 1 unspecified atom stereocenters. The minimum Gasteiger partial charge on any atom is -0.481 e. The highest BCUT2D eigenvalue weighted by Gasteiger charge is 2.32. The molecule has 1 aromatic carbocycles. The van der Waals surface area contributed by atoms with Crippen LogP contribution >= 0.6 is 0 Å². The lowest BCUT2D eigenvalue weighted by molar-refractivity contribution is -0.140. The van der Waals surface area contributed by atoms with E-state index in [1.54, 1.807) is 0 Å². The molecule has 1 saturated heterocycles. The van der Waals surface area contributed by atoms with Crippen LogP contribution in [0.1, 0.15) is 24.3 Å². The number of carboxylic acid groups (broad SMARTS) is 1. The van der Waals surface area contributed by atoms with Gasteiger partial charge in [0.2, 0.25) is 0 Å². The fourth-order valence-electron chi connectivity index (χ4n) is 2.52. The largest absolute Gasteiger partial charge is 0.481 e. The minimum absolute atomic E-state index is 0.0794. The van der Waals surface area contributed by atoms with Gasteiger partial charge in [0.25, 0.3) is 0 Å². The SMILES string of the molecule is O=C(O)C(c1ccc(F)cc1F)C1CCNCC1. The first-order valence-electron chi connectivity index (χ1n) is 5.98. The molecule has 1 aromatic rings. The Morgan fingerprint density at radius 2 is 2.00 bits per heavy atom. The van der Waals surface area contributed by atoms with Gasteiger partial charge in [-0.25, -0.2) is 8.78 Å². The third-order valence-electron chi connectivity index (χ3n) is 3.42. The first-order chi connectivity index (χ1) is 8.59. The average molecular weight is 255 g/mol. The molecule has 1 fully saturated rings. The quantitative estimate of drug-likeness (QED) is 0.870. The van der Waals surface area contributed by atoms with Gasteiger partial charge in [-0.1, -0.05) is 6.07 Å². The third-order valence-corrected chi connectivity index (χ3v) is 3.42. The minimum atomic E-state index is -1.05. The van der Waals surface area contributed by atoms with E-state index in [1.807, 2.05) is 0 Å². The number of halogens is 2. The van der Waals surface area contributed by atoms with Crippen LogP contribution in [0.15, 0.2) is 18.2 Å². The van der Waals surface area contributed by atoms with Crippen molar-refractivity contribution in [2.45, 2.75) is 18.8 Å². The summed E-state index contributed by atoms with van der Waals surface area (Å²) in [4.78, 5) is 11.4. The maximum Gasteiger partial charge on any atom is 0.311 e. The Hall–Kier alpha value is -1.49. The molecule has 98 valence electrons. The molecule has 0 radical (unpaired) electrons. The third kappa shape index (κ3) is 2.67. The molecular formula is C13H15F2NO2. The summed E-state index contributed by atoms with van der Waals surface area (Å²) in [6.45, 7) is 1.47. The zero-order chi connectivity index (χ0) is 13.1. The van der Waals surface area contributed by atoms with Crippen LogP contribution < -0.4 is 5.32 Å². The van der Waals surface area contributed by atoms with Crippen LogP contribution in [0.2, 0.25) is 0 Å². The summed E-state index contributed by atoms with van der Waals surface area (Å²) in [6, 6.07) is 3.09. The second-order valence-electron chi connectivity index (χ2n) is 4.57. The predicted molar refractivity (Wildman–Crippen MR) is 62.3 cm³/mol. The van der Waals surface area contributed by atoms with Gasteiger partial charge in [-0.05, 0) is 37.9 Å². The van der Waals surface area contributed by atoms with Crippen molar-refractivity contribution in [1.29, 1.82) is 0 Å². The number of hydrogen-bond donors (Lipinski definition) is 2. The second-order valence-corrected chi connectivity index (χ2v) is 4.57. The number of aliphatic carboxylic acids is 1. The summed E-state index contributed by atoms with van der Waals surface area (Å²) >= 11 is 0. The predicted octanol–water partition coefficient (Wildman–Crippen LogP) is 2.13. The Kier molecular flexibility index (Phi) is 3.91. The number of hydrogen-bond acceptors (Lipinski definition) is 2. The van der Waals surface area contributed by atoms with Gasteiger partial charge in [0.15, 0.2) is 0 Å². The van der Waals surface area contributed by atoms with E-state index in [4.69, 9.17) is 0 Å². The van der Waals surface area contributed by atoms with Gasteiger partial charge >= 0.3 is 5.97 Å². The number of benzene rings is 1. The van der Waals surface area contributed by atoms with Gasteiger partial charge in [-0.15, -0.1) is 0 Å². The van der Waals surface area contributed by atoms with E-state index < -0.39 is 23.5 Å². The Bertz CT molecular complexity index is 445. The Morgan fingerprint density at radius 1 is 1.33 bits per heavy atom. The highest BCUT2D eigenvalue weighted by atomic mass is 19.1. The molecule has 0 spiro atoms. The number of rotatable bonds is 3. The van der Waals surface area contributed by atoms with Crippen molar-refractivity contribution in [3.05, 3.63) is 35.4 Å². The number of carboxylic acids is 1. The second kappa shape index (κ2) is 5.44. The molecule has 1 aliphatic heterocycles. The fourth-order valence-corrected chi connectivity index (χ4v) is 2.52.